The Bertz CT molecular complexity index is 492. The average molecular weight is 311 g/mol. The Kier molecular flexibility index (Phi) is 5.65. The molecule has 0 radical (unpaired) electrons. The minimum absolute atomic E-state index is 0.213. The molecule has 0 atom stereocenters. The summed E-state index contributed by atoms with van der Waals surface area (Å²) in [4.78, 5) is 15.6. The van der Waals surface area contributed by atoms with E-state index in [1.165, 1.54) is 12.1 Å². The van der Waals surface area contributed by atoms with Gasteiger partial charge in [0.2, 0.25) is 0 Å². The van der Waals surface area contributed by atoms with Crippen molar-refractivity contribution in [3.05, 3.63) is 16.0 Å². The number of nitrogens with zero attached hydrogens (tertiary/aromatic N) is 1. The van der Waals surface area contributed by atoms with Gasteiger partial charge in [-0.1, -0.05) is 6.92 Å². The Hall–Kier alpha value is -1.07. The molecule has 21 heavy (non-hydrogen) atoms. The van der Waals surface area contributed by atoms with Crippen LogP contribution < -0.4 is 4.90 Å². The molecule has 2 rings (SSSR count). The molecule has 0 aliphatic carbocycles. The number of esters is 1. The minimum atomic E-state index is -0.213. The fraction of sp³-hybridized carbons (Fsp3) is 0.688. The van der Waals surface area contributed by atoms with Crippen molar-refractivity contribution < 1.29 is 14.3 Å². The highest BCUT2D eigenvalue weighted by Gasteiger charge is 2.27. The maximum atomic E-state index is 12.1. The van der Waals surface area contributed by atoms with Gasteiger partial charge in [-0.3, -0.25) is 0 Å². The van der Waals surface area contributed by atoms with Crippen molar-refractivity contribution in [3.63, 3.8) is 0 Å². The molecule has 2 heterocycles. The number of rotatable bonds is 5. The molecule has 4 nitrogen and oxygen atoms in total. The first-order valence-corrected chi connectivity index (χ1v) is 8.50. The van der Waals surface area contributed by atoms with Crippen LogP contribution in [0.4, 0.5) is 5.00 Å². The van der Waals surface area contributed by atoms with Gasteiger partial charge in [0.1, 0.15) is 0 Å². The Morgan fingerprint density at radius 3 is 2.57 bits per heavy atom. The Labute approximate surface area is 131 Å². The SMILES string of the molecule is CCc1sc(N(CC)C2CCOCC2)c(C)c1C(=O)OC. The molecule has 1 fully saturated rings. The van der Waals surface area contributed by atoms with Crippen molar-refractivity contribution >= 4 is 22.3 Å². The molecule has 5 heteroatoms. The Morgan fingerprint density at radius 1 is 1.38 bits per heavy atom. The standard InChI is InChI=1S/C16H25NO3S/c1-5-13-14(16(18)19-4)11(3)15(21-13)17(6-2)12-7-9-20-10-8-12/h12H,5-10H2,1-4H3. The van der Waals surface area contributed by atoms with Gasteiger partial charge >= 0.3 is 5.97 Å². The lowest BCUT2D eigenvalue weighted by Crippen LogP contribution is -2.39. The van der Waals surface area contributed by atoms with E-state index in [1.54, 1.807) is 11.3 Å². The topological polar surface area (TPSA) is 38.8 Å². The highest BCUT2D eigenvalue weighted by Crippen LogP contribution is 2.38. The van der Waals surface area contributed by atoms with Gasteiger partial charge < -0.3 is 14.4 Å². The fourth-order valence-electron chi connectivity index (χ4n) is 3.02. The first-order valence-electron chi connectivity index (χ1n) is 7.68. The van der Waals surface area contributed by atoms with Gasteiger partial charge in [-0.2, -0.15) is 0 Å². The van der Waals surface area contributed by atoms with E-state index in [9.17, 15) is 4.79 Å². The molecule has 0 saturated carbocycles. The number of aryl methyl sites for hydroxylation is 1. The monoisotopic (exact) mass is 311 g/mol. The second-order valence-corrected chi connectivity index (χ2v) is 6.39. The highest BCUT2D eigenvalue weighted by atomic mass is 32.1. The van der Waals surface area contributed by atoms with Crippen molar-refractivity contribution in [1.29, 1.82) is 0 Å². The molecule has 0 unspecified atom stereocenters. The molecule has 0 bridgehead atoms. The quantitative estimate of drug-likeness (QED) is 0.781. The van der Waals surface area contributed by atoms with Crippen LogP contribution in [0.2, 0.25) is 0 Å². The summed E-state index contributed by atoms with van der Waals surface area (Å²) in [7, 11) is 1.45. The molecule has 1 aromatic heterocycles. The molecule has 1 aromatic rings. The second kappa shape index (κ2) is 7.27. The zero-order chi connectivity index (χ0) is 15.4. The fourth-order valence-corrected chi connectivity index (χ4v) is 4.38. The molecular formula is C16H25NO3S. The number of methoxy groups -OCH3 is 1. The summed E-state index contributed by atoms with van der Waals surface area (Å²) >= 11 is 1.74. The maximum Gasteiger partial charge on any atom is 0.339 e. The van der Waals surface area contributed by atoms with Gasteiger partial charge in [-0.15, -0.1) is 11.3 Å². The number of hydrogen-bond donors (Lipinski definition) is 0. The van der Waals surface area contributed by atoms with E-state index in [1.807, 2.05) is 6.92 Å². The zero-order valence-electron chi connectivity index (χ0n) is 13.4. The van der Waals surface area contributed by atoms with E-state index in [0.29, 0.717) is 6.04 Å². The lowest BCUT2D eigenvalue weighted by atomic mass is 10.1. The summed E-state index contributed by atoms with van der Waals surface area (Å²) < 4.78 is 10.4. The third-order valence-electron chi connectivity index (χ3n) is 4.14. The van der Waals surface area contributed by atoms with Crippen LogP contribution in [0.3, 0.4) is 0 Å². The lowest BCUT2D eigenvalue weighted by molar-refractivity contribution is 0.0599. The molecule has 0 aromatic carbocycles. The van der Waals surface area contributed by atoms with Crippen LogP contribution in [0.5, 0.6) is 0 Å². The number of hydrogen-bond acceptors (Lipinski definition) is 5. The summed E-state index contributed by atoms with van der Waals surface area (Å²) in [5.41, 5.74) is 1.84. The first-order chi connectivity index (χ1) is 10.1. The molecule has 118 valence electrons. The smallest absolute Gasteiger partial charge is 0.339 e. The Morgan fingerprint density at radius 2 is 2.05 bits per heavy atom. The highest BCUT2D eigenvalue weighted by molar-refractivity contribution is 7.16. The van der Waals surface area contributed by atoms with Gasteiger partial charge in [0.05, 0.1) is 17.7 Å². The van der Waals surface area contributed by atoms with Gasteiger partial charge in [-0.05, 0) is 38.7 Å². The zero-order valence-corrected chi connectivity index (χ0v) is 14.2. The number of anilines is 1. The molecule has 0 spiro atoms. The van der Waals surface area contributed by atoms with Crippen LogP contribution in [0.1, 0.15) is 47.5 Å². The van der Waals surface area contributed by atoms with E-state index in [0.717, 1.165) is 55.0 Å². The van der Waals surface area contributed by atoms with E-state index in [-0.39, 0.29) is 5.97 Å². The van der Waals surface area contributed by atoms with Gasteiger partial charge in [0, 0.05) is 30.7 Å². The summed E-state index contributed by atoms with van der Waals surface area (Å²) in [5.74, 6) is -0.213. The summed E-state index contributed by atoms with van der Waals surface area (Å²) in [5, 5.41) is 1.22. The van der Waals surface area contributed by atoms with Crippen LogP contribution in [0, 0.1) is 6.92 Å². The van der Waals surface area contributed by atoms with Gasteiger partial charge in [-0.25, -0.2) is 4.79 Å². The van der Waals surface area contributed by atoms with Gasteiger partial charge in [0.25, 0.3) is 0 Å². The molecule has 1 saturated heterocycles. The van der Waals surface area contributed by atoms with Crippen molar-refractivity contribution in [2.24, 2.45) is 0 Å². The Balaban J connectivity index is 2.37. The molecule has 0 amide bonds. The third-order valence-corrected chi connectivity index (χ3v) is 5.61. The van der Waals surface area contributed by atoms with E-state index in [4.69, 9.17) is 9.47 Å². The van der Waals surface area contributed by atoms with Crippen molar-refractivity contribution in [2.75, 3.05) is 31.8 Å². The molecular weight excluding hydrogens is 286 g/mol. The van der Waals surface area contributed by atoms with Crippen LogP contribution in [-0.2, 0) is 15.9 Å². The van der Waals surface area contributed by atoms with Crippen LogP contribution in [0.15, 0.2) is 0 Å². The van der Waals surface area contributed by atoms with Gasteiger partial charge in [0.15, 0.2) is 0 Å². The minimum Gasteiger partial charge on any atom is -0.465 e. The number of ether oxygens (including phenoxy) is 2. The number of carbonyl (C=O) groups excluding carboxylic acids is 1. The van der Waals surface area contributed by atoms with Crippen molar-refractivity contribution in [3.8, 4) is 0 Å². The van der Waals surface area contributed by atoms with Crippen molar-refractivity contribution in [1.82, 2.24) is 0 Å². The normalized spacial score (nSPS) is 16.0. The lowest BCUT2D eigenvalue weighted by Gasteiger charge is -2.34. The van der Waals surface area contributed by atoms with Crippen LogP contribution in [-0.4, -0.2) is 38.9 Å². The molecule has 1 aliphatic heterocycles. The predicted octanol–water partition coefficient (Wildman–Crippen LogP) is 3.41. The van der Waals surface area contributed by atoms with E-state index in [2.05, 4.69) is 18.7 Å². The average Bonchev–Trinajstić information content (AvgIpc) is 2.85. The summed E-state index contributed by atoms with van der Waals surface area (Å²) in [6.45, 7) is 8.92. The second-order valence-electron chi connectivity index (χ2n) is 5.31. The van der Waals surface area contributed by atoms with E-state index < -0.39 is 0 Å². The maximum absolute atomic E-state index is 12.1. The number of carbonyl (C=O) groups is 1. The first kappa shape index (κ1) is 16.3. The summed E-state index contributed by atoms with van der Waals surface area (Å²) in [6, 6.07) is 0.510. The van der Waals surface area contributed by atoms with E-state index >= 15 is 0 Å². The molecule has 1 aliphatic rings. The molecule has 0 N–H and O–H groups in total. The summed E-state index contributed by atoms with van der Waals surface area (Å²) in [6.07, 6.45) is 2.97. The predicted molar refractivity (Wildman–Crippen MR) is 86.6 cm³/mol. The largest absolute Gasteiger partial charge is 0.465 e. The van der Waals surface area contributed by atoms with Crippen LogP contribution >= 0.6 is 11.3 Å². The number of thiophene rings is 1. The van der Waals surface area contributed by atoms with Crippen molar-refractivity contribution in [2.45, 2.75) is 46.1 Å². The third kappa shape index (κ3) is 3.24. The van der Waals surface area contributed by atoms with Crippen LogP contribution in [0.25, 0.3) is 0 Å².